The molecule has 7 heteroatoms. The summed E-state index contributed by atoms with van der Waals surface area (Å²) in [6, 6.07) is 13.5. The number of nitrogens with two attached hydrogens (primary N) is 1. The lowest BCUT2D eigenvalue weighted by Gasteiger charge is -2.25. The van der Waals surface area contributed by atoms with Crippen molar-refractivity contribution >= 4 is 28.6 Å². The Morgan fingerprint density at radius 2 is 1.83 bits per heavy atom. The van der Waals surface area contributed by atoms with E-state index in [9.17, 15) is 4.39 Å². The first kappa shape index (κ1) is 20.0. The lowest BCUT2D eigenvalue weighted by Crippen LogP contribution is -2.37. The molecule has 6 nitrogen and oxygen atoms in total. The maximum Gasteiger partial charge on any atom is 0.184 e. The molecule has 3 N–H and O–H groups in total. The Morgan fingerprint density at radius 1 is 1.10 bits per heavy atom. The third kappa shape index (κ3) is 4.02. The van der Waals surface area contributed by atoms with Gasteiger partial charge < -0.3 is 10.3 Å². The Bertz CT molecular complexity index is 1120. The molecule has 0 saturated heterocycles. The summed E-state index contributed by atoms with van der Waals surface area (Å²) in [4.78, 5) is 13.1. The fourth-order valence-electron chi connectivity index (χ4n) is 3.35. The second kappa shape index (κ2) is 7.50. The van der Waals surface area contributed by atoms with E-state index in [0.717, 1.165) is 22.6 Å². The summed E-state index contributed by atoms with van der Waals surface area (Å²) >= 11 is 0. The molecule has 0 amide bonds. The molecule has 0 fully saturated rings. The van der Waals surface area contributed by atoms with Crippen molar-refractivity contribution in [3.63, 3.8) is 0 Å². The molecule has 0 unspecified atom stereocenters. The molecular weight excluding hydrogens is 379 g/mol. The summed E-state index contributed by atoms with van der Waals surface area (Å²) in [6.07, 6.45) is 1.18. The first-order chi connectivity index (χ1) is 14.2. The van der Waals surface area contributed by atoms with Gasteiger partial charge in [-0.25, -0.2) is 20.2 Å². The van der Waals surface area contributed by atoms with Crippen LogP contribution in [0.15, 0.2) is 53.7 Å². The van der Waals surface area contributed by atoms with Crippen molar-refractivity contribution in [2.45, 2.75) is 33.1 Å². The number of anilines is 3. The fourth-order valence-corrected chi connectivity index (χ4v) is 3.35. The number of nitrogens with zero attached hydrogens (tertiary/aromatic N) is 4. The molecule has 0 spiro atoms. The molecule has 0 radical (unpaired) electrons. The number of rotatable bonds is 3. The minimum Gasteiger partial charge on any atom is -0.338 e. The zero-order valence-electron chi connectivity index (χ0n) is 17.6. The van der Waals surface area contributed by atoms with Gasteiger partial charge in [0.15, 0.2) is 17.5 Å². The molecule has 1 aromatic heterocycles. The number of hydrogen-bond donors (Lipinski definition) is 2. The van der Waals surface area contributed by atoms with E-state index in [2.05, 4.69) is 53.2 Å². The Morgan fingerprint density at radius 3 is 2.53 bits per heavy atom. The molecule has 4 rings (SSSR count). The summed E-state index contributed by atoms with van der Waals surface area (Å²) in [5.41, 5.74) is 5.27. The zero-order valence-corrected chi connectivity index (χ0v) is 17.6. The SMILES string of the molecule is CC1=Nc2ccc(Nc3nc(-c4ccc(C(C)(C)C)cc4)ncc3F)cc2N(N)C1. The molecule has 0 atom stereocenters. The van der Waals surface area contributed by atoms with Crippen LogP contribution in [-0.2, 0) is 5.41 Å². The highest BCUT2D eigenvalue weighted by Crippen LogP contribution is 2.34. The van der Waals surface area contributed by atoms with Crippen molar-refractivity contribution in [2.24, 2.45) is 10.8 Å². The van der Waals surface area contributed by atoms with Gasteiger partial charge in [0, 0.05) is 17.0 Å². The third-order valence-corrected chi connectivity index (χ3v) is 5.01. The van der Waals surface area contributed by atoms with Gasteiger partial charge >= 0.3 is 0 Å². The van der Waals surface area contributed by atoms with Crippen molar-refractivity contribution in [1.82, 2.24) is 9.97 Å². The molecule has 0 aliphatic carbocycles. The van der Waals surface area contributed by atoms with Crippen LogP contribution in [0.3, 0.4) is 0 Å². The van der Waals surface area contributed by atoms with Crippen molar-refractivity contribution < 1.29 is 4.39 Å². The van der Waals surface area contributed by atoms with E-state index < -0.39 is 5.82 Å². The molecule has 1 aliphatic rings. The van der Waals surface area contributed by atoms with E-state index in [1.807, 2.05) is 37.3 Å². The van der Waals surface area contributed by atoms with Crippen LogP contribution in [0.25, 0.3) is 11.4 Å². The quantitative estimate of drug-likeness (QED) is 0.593. The van der Waals surface area contributed by atoms with E-state index in [4.69, 9.17) is 5.84 Å². The predicted octanol–water partition coefficient (Wildman–Crippen LogP) is 5.11. The number of halogens is 1. The monoisotopic (exact) mass is 404 g/mol. The fraction of sp³-hybridized carbons (Fsp3) is 0.261. The van der Waals surface area contributed by atoms with Crippen LogP contribution in [-0.4, -0.2) is 22.2 Å². The number of nitrogens with one attached hydrogen (secondary N) is 1. The molecule has 0 saturated carbocycles. The molecule has 1 aliphatic heterocycles. The Labute approximate surface area is 175 Å². The van der Waals surface area contributed by atoms with Crippen molar-refractivity contribution in [3.8, 4) is 11.4 Å². The lowest BCUT2D eigenvalue weighted by molar-refractivity contribution is 0.590. The van der Waals surface area contributed by atoms with Crippen LogP contribution >= 0.6 is 0 Å². The standard InChI is InChI=1S/C23H25FN6/c1-14-13-30(25)20-11-17(9-10-19(20)27-14)28-22-18(24)12-26-21(29-22)15-5-7-16(8-6-15)23(2,3)4/h5-12H,13,25H2,1-4H3,(H,26,28,29). The number of hydrogen-bond acceptors (Lipinski definition) is 6. The van der Waals surface area contributed by atoms with Gasteiger partial charge in [-0.05, 0) is 36.1 Å². The minimum absolute atomic E-state index is 0.0564. The highest BCUT2D eigenvalue weighted by atomic mass is 19.1. The molecule has 2 heterocycles. The van der Waals surface area contributed by atoms with Crippen LogP contribution < -0.4 is 16.2 Å². The van der Waals surface area contributed by atoms with Crippen LogP contribution in [0.4, 0.5) is 27.3 Å². The Kier molecular flexibility index (Phi) is 4.99. The molecule has 0 bridgehead atoms. The first-order valence-corrected chi connectivity index (χ1v) is 9.81. The Hall–Kier alpha value is -3.32. The highest BCUT2D eigenvalue weighted by Gasteiger charge is 2.17. The topological polar surface area (TPSA) is 79.4 Å². The van der Waals surface area contributed by atoms with Crippen molar-refractivity contribution in [3.05, 3.63) is 60.0 Å². The largest absolute Gasteiger partial charge is 0.338 e. The van der Waals surface area contributed by atoms with Gasteiger partial charge in [0.05, 0.1) is 24.1 Å². The van der Waals surface area contributed by atoms with Gasteiger partial charge in [-0.15, -0.1) is 0 Å². The predicted molar refractivity (Wildman–Crippen MR) is 120 cm³/mol. The van der Waals surface area contributed by atoms with Gasteiger partial charge in [-0.1, -0.05) is 45.0 Å². The third-order valence-electron chi connectivity index (χ3n) is 5.01. The van der Waals surface area contributed by atoms with Crippen LogP contribution in [0, 0.1) is 5.82 Å². The normalized spacial score (nSPS) is 13.7. The van der Waals surface area contributed by atoms with Crippen LogP contribution in [0.1, 0.15) is 33.3 Å². The maximum atomic E-state index is 14.4. The second-order valence-electron chi connectivity index (χ2n) is 8.52. The maximum absolute atomic E-state index is 14.4. The zero-order chi connectivity index (χ0) is 21.5. The number of hydrazine groups is 1. The summed E-state index contributed by atoms with van der Waals surface area (Å²) in [5, 5.41) is 4.67. The van der Waals surface area contributed by atoms with Gasteiger partial charge in [0.2, 0.25) is 0 Å². The van der Waals surface area contributed by atoms with Crippen LogP contribution in [0.2, 0.25) is 0 Å². The van der Waals surface area contributed by atoms with E-state index in [1.54, 1.807) is 5.01 Å². The molecule has 30 heavy (non-hydrogen) atoms. The van der Waals surface area contributed by atoms with E-state index in [0.29, 0.717) is 18.1 Å². The van der Waals surface area contributed by atoms with E-state index in [1.165, 1.54) is 11.8 Å². The van der Waals surface area contributed by atoms with Gasteiger partial charge in [-0.2, -0.15) is 0 Å². The number of aromatic nitrogens is 2. The molecule has 3 aromatic rings. The first-order valence-electron chi connectivity index (χ1n) is 9.81. The Balaban J connectivity index is 1.63. The average molecular weight is 404 g/mol. The van der Waals surface area contributed by atoms with Gasteiger partial charge in [-0.3, -0.25) is 4.99 Å². The number of aliphatic imine (C=N–C) groups is 1. The highest BCUT2D eigenvalue weighted by molar-refractivity contribution is 5.94. The summed E-state index contributed by atoms with van der Waals surface area (Å²) in [7, 11) is 0. The van der Waals surface area contributed by atoms with E-state index >= 15 is 0 Å². The van der Waals surface area contributed by atoms with Gasteiger partial charge in [0.25, 0.3) is 0 Å². The lowest BCUT2D eigenvalue weighted by atomic mass is 9.87. The minimum atomic E-state index is -0.527. The summed E-state index contributed by atoms with van der Waals surface area (Å²) in [6.45, 7) is 8.96. The van der Waals surface area contributed by atoms with Gasteiger partial charge in [0.1, 0.15) is 0 Å². The van der Waals surface area contributed by atoms with Crippen molar-refractivity contribution in [1.29, 1.82) is 0 Å². The molecule has 2 aromatic carbocycles. The second-order valence-corrected chi connectivity index (χ2v) is 8.52. The average Bonchev–Trinajstić information content (AvgIpc) is 2.69. The number of benzene rings is 2. The summed E-state index contributed by atoms with van der Waals surface area (Å²) < 4.78 is 14.4. The molecular formula is C23H25FN6. The van der Waals surface area contributed by atoms with Crippen LogP contribution in [0.5, 0.6) is 0 Å². The summed E-state index contributed by atoms with van der Waals surface area (Å²) in [5.74, 6) is 6.14. The smallest absolute Gasteiger partial charge is 0.184 e. The van der Waals surface area contributed by atoms with Crippen molar-refractivity contribution in [2.75, 3.05) is 16.9 Å². The molecule has 154 valence electrons. The van der Waals surface area contributed by atoms with E-state index in [-0.39, 0.29) is 11.2 Å². The number of fused-ring (bicyclic) bond motifs is 1.